The van der Waals surface area contributed by atoms with Crippen LogP contribution < -0.4 is 5.32 Å². The standard InChI is InChI=1S/C15H20FNO/c1-10-9-11(7-8-18-10)17-15-6-5-12-13(15)3-2-4-14(12)16/h2-4,10-11,15,17H,5-9H2,1H3. The highest BCUT2D eigenvalue weighted by atomic mass is 19.1. The molecule has 3 unspecified atom stereocenters. The number of rotatable bonds is 2. The summed E-state index contributed by atoms with van der Waals surface area (Å²) in [5, 5.41) is 3.68. The molecule has 3 heteroatoms. The topological polar surface area (TPSA) is 21.3 Å². The van der Waals surface area contributed by atoms with Gasteiger partial charge in [-0.2, -0.15) is 0 Å². The molecule has 1 aliphatic carbocycles. The Hall–Kier alpha value is -0.930. The van der Waals surface area contributed by atoms with E-state index in [0.717, 1.165) is 43.4 Å². The highest BCUT2D eigenvalue weighted by Gasteiger charge is 2.28. The fourth-order valence-electron chi connectivity index (χ4n) is 3.22. The zero-order chi connectivity index (χ0) is 12.5. The van der Waals surface area contributed by atoms with Crippen molar-refractivity contribution in [3.05, 3.63) is 35.1 Å². The summed E-state index contributed by atoms with van der Waals surface area (Å²) < 4.78 is 19.2. The van der Waals surface area contributed by atoms with E-state index in [1.165, 1.54) is 0 Å². The Balaban J connectivity index is 1.71. The quantitative estimate of drug-likeness (QED) is 0.870. The van der Waals surface area contributed by atoms with Gasteiger partial charge in [-0.15, -0.1) is 0 Å². The molecule has 2 nitrogen and oxygen atoms in total. The van der Waals surface area contributed by atoms with Gasteiger partial charge in [0.1, 0.15) is 5.82 Å². The molecule has 0 radical (unpaired) electrons. The maximum atomic E-state index is 13.7. The van der Waals surface area contributed by atoms with E-state index in [2.05, 4.69) is 18.3 Å². The van der Waals surface area contributed by atoms with E-state index in [1.54, 1.807) is 6.07 Å². The van der Waals surface area contributed by atoms with Crippen LogP contribution in [0.1, 0.15) is 43.4 Å². The molecule has 1 heterocycles. The van der Waals surface area contributed by atoms with Crippen molar-refractivity contribution in [3.63, 3.8) is 0 Å². The molecular weight excluding hydrogens is 229 g/mol. The second kappa shape index (κ2) is 4.98. The molecule has 0 amide bonds. The first kappa shape index (κ1) is 12.1. The number of hydrogen-bond acceptors (Lipinski definition) is 2. The zero-order valence-corrected chi connectivity index (χ0v) is 10.8. The largest absolute Gasteiger partial charge is 0.378 e. The predicted octanol–water partition coefficient (Wildman–Crippen LogP) is 2.97. The number of halogens is 1. The Labute approximate surface area is 108 Å². The molecule has 1 fully saturated rings. The second-order valence-corrected chi connectivity index (χ2v) is 5.47. The molecule has 3 atom stereocenters. The van der Waals surface area contributed by atoms with E-state index in [0.29, 0.717) is 18.2 Å². The summed E-state index contributed by atoms with van der Waals surface area (Å²) in [6.45, 7) is 2.96. The SMILES string of the molecule is CC1CC(NC2CCc3c(F)cccc32)CCO1. The van der Waals surface area contributed by atoms with Gasteiger partial charge in [0.05, 0.1) is 6.10 Å². The minimum absolute atomic E-state index is 0.0443. The average molecular weight is 249 g/mol. The van der Waals surface area contributed by atoms with Gasteiger partial charge < -0.3 is 10.1 Å². The molecule has 1 aromatic rings. The molecular formula is C15H20FNO. The van der Waals surface area contributed by atoms with Crippen molar-refractivity contribution >= 4 is 0 Å². The fraction of sp³-hybridized carbons (Fsp3) is 0.600. The van der Waals surface area contributed by atoms with Gasteiger partial charge in [0, 0.05) is 18.7 Å². The summed E-state index contributed by atoms with van der Waals surface area (Å²) in [5.41, 5.74) is 2.07. The summed E-state index contributed by atoms with van der Waals surface area (Å²) in [5.74, 6) is -0.0443. The molecule has 3 rings (SSSR count). The van der Waals surface area contributed by atoms with Gasteiger partial charge in [-0.1, -0.05) is 12.1 Å². The van der Waals surface area contributed by atoms with E-state index in [1.807, 2.05) is 6.07 Å². The van der Waals surface area contributed by atoms with E-state index >= 15 is 0 Å². The molecule has 0 spiro atoms. The van der Waals surface area contributed by atoms with Gasteiger partial charge in [-0.25, -0.2) is 4.39 Å². The summed E-state index contributed by atoms with van der Waals surface area (Å²) in [6, 6.07) is 6.28. The lowest BCUT2D eigenvalue weighted by Gasteiger charge is -2.30. The normalized spacial score (nSPS) is 31.3. The lowest BCUT2D eigenvalue weighted by molar-refractivity contribution is 0.0112. The van der Waals surface area contributed by atoms with Crippen molar-refractivity contribution in [1.82, 2.24) is 5.32 Å². The van der Waals surface area contributed by atoms with Crippen LogP contribution in [0.4, 0.5) is 4.39 Å². The zero-order valence-electron chi connectivity index (χ0n) is 10.8. The van der Waals surface area contributed by atoms with Crippen LogP contribution >= 0.6 is 0 Å². The van der Waals surface area contributed by atoms with Gasteiger partial charge in [-0.3, -0.25) is 0 Å². The van der Waals surface area contributed by atoms with Crippen molar-refractivity contribution in [2.24, 2.45) is 0 Å². The monoisotopic (exact) mass is 249 g/mol. The summed E-state index contributed by atoms with van der Waals surface area (Å²) in [4.78, 5) is 0. The number of nitrogens with one attached hydrogen (secondary N) is 1. The van der Waals surface area contributed by atoms with Crippen LogP contribution in [0.2, 0.25) is 0 Å². The first-order chi connectivity index (χ1) is 8.74. The van der Waals surface area contributed by atoms with Crippen molar-refractivity contribution < 1.29 is 9.13 Å². The Bertz CT molecular complexity index is 435. The third-order valence-electron chi connectivity index (χ3n) is 4.14. The summed E-state index contributed by atoms with van der Waals surface area (Å²) in [6.07, 6.45) is 4.33. The molecule has 18 heavy (non-hydrogen) atoms. The number of benzene rings is 1. The Morgan fingerprint density at radius 3 is 3.06 bits per heavy atom. The van der Waals surface area contributed by atoms with Crippen molar-refractivity contribution in [1.29, 1.82) is 0 Å². The summed E-state index contributed by atoms with van der Waals surface area (Å²) >= 11 is 0. The highest BCUT2D eigenvalue weighted by Crippen LogP contribution is 2.33. The van der Waals surface area contributed by atoms with Gasteiger partial charge in [0.25, 0.3) is 0 Å². The van der Waals surface area contributed by atoms with E-state index in [-0.39, 0.29) is 5.82 Å². The molecule has 1 saturated heterocycles. The Kier molecular flexibility index (Phi) is 3.35. The van der Waals surface area contributed by atoms with Crippen molar-refractivity contribution in [3.8, 4) is 0 Å². The smallest absolute Gasteiger partial charge is 0.126 e. The lowest BCUT2D eigenvalue weighted by atomic mass is 10.0. The van der Waals surface area contributed by atoms with Gasteiger partial charge in [0.2, 0.25) is 0 Å². The first-order valence-electron chi connectivity index (χ1n) is 6.89. The lowest BCUT2D eigenvalue weighted by Crippen LogP contribution is -2.39. The molecule has 0 bridgehead atoms. The van der Waals surface area contributed by atoms with E-state index in [9.17, 15) is 4.39 Å². The maximum absolute atomic E-state index is 13.7. The fourth-order valence-corrected chi connectivity index (χ4v) is 3.22. The average Bonchev–Trinajstić information content (AvgIpc) is 2.74. The van der Waals surface area contributed by atoms with Crippen LogP contribution in [-0.2, 0) is 11.2 Å². The first-order valence-corrected chi connectivity index (χ1v) is 6.89. The van der Waals surface area contributed by atoms with Crippen LogP contribution in [0, 0.1) is 5.82 Å². The van der Waals surface area contributed by atoms with Crippen LogP contribution in [0.25, 0.3) is 0 Å². The van der Waals surface area contributed by atoms with Crippen LogP contribution in [0.15, 0.2) is 18.2 Å². The molecule has 1 N–H and O–H groups in total. The van der Waals surface area contributed by atoms with Crippen LogP contribution in [0.3, 0.4) is 0 Å². The predicted molar refractivity (Wildman–Crippen MR) is 69.0 cm³/mol. The van der Waals surface area contributed by atoms with Gasteiger partial charge in [0.15, 0.2) is 0 Å². The molecule has 0 aromatic heterocycles. The minimum Gasteiger partial charge on any atom is -0.378 e. The minimum atomic E-state index is -0.0443. The number of ether oxygens (including phenoxy) is 1. The molecule has 1 aromatic carbocycles. The van der Waals surface area contributed by atoms with Crippen molar-refractivity contribution in [2.45, 2.75) is 50.8 Å². The van der Waals surface area contributed by atoms with E-state index < -0.39 is 0 Å². The number of fused-ring (bicyclic) bond motifs is 1. The third-order valence-corrected chi connectivity index (χ3v) is 4.14. The molecule has 1 aliphatic heterocycles. The Morgan fingerprint density at radius 2 is 2.22 bits per heavy atom. The molecule has 2 aliphatic rings. The van der Waals surface area contributed by atoms with Gasteiger partial charge in [-0.05, 0) is 49.8 Å². The molecule has 0 saturated carbocycles. The third kappa shape index (κ3) is 2.29. The Morgan fingerprint density at radius 1 is 1.33 bits per heavy atom. The summed E-state index contributed by atoms with van der Waals surface area (Å²) in [7, 11) is 0. The second-order valence-electron chi connectivity index (χ2n) is 5.47. The van der Waals surface area contributed by atoms with Gasteiger partial charge >= 0.3 is 0 Å². The molecule has 98 valence electrons. The maximum Gasteiger partial charge on any atom is 0.126 e. The van der Waals surface area contributed by atoms with Crippen LogP contribution in [0.5, 0.6) is 0 Å². The number of hydrogen-bond donors (Lipinski definition) is 1. The van der Waals surface area contributed by atoms with Crippen LogP contribution in [-0.4, -0.2) is 18.8 Å². The van der Waals surface area contributed by atoms with Crippen molar-refractivity contribution in [2.75, 3.05) is 6.61 Å². The van der Waals surface area contributed by atoms with E-state index in [4.69, 9.17) is 4.74 Å². The highest BCUT2D eigenvalue weighted by molar-refractivity contribution is 5.35.